The van der Waals surface area contributed by atoms with Gasteiger partial charge in [0.1, 0.15) is 0 Å². The van der Waals surface area contributed by atoms with Crippen LogP contribution < -0.4 is 0 Å². The molecule has 0 saturated carbocycles. The number of phosphoric ester groups is 1. The highest BCUT2D eigenvalue weighted by Gasteiger charge is 2.20. The number of unbranched alkanes of at least 4 members (excludes halogenated alkanes) is 13. The summed E-state index contributed by atoms with van der Waals surface area (Å²) in [7, 11) is -3.87. The number of rotatable bonds is 25. The van der Waals surface area contributed by atoms with Crippen LogP contribution in [0.5, 0.6) is 0 Å². The fraction of sp³-hybridized carbons (Fsp3) is 1.00. The second-order valence-electron chi connectivity index (χ2n) is 9.32. The predicted octanol–water partition coefficient (Wildman–Crippen LogP) is 9.60. The van der Waals surface area contributed by atoms with Crippen molar-refractivity contribution in [1.82, 2.24) is 0 Å². The van der Waals surface area contributed by atoms with Crippen molar-refractivity contribution < 1.29 is 18.5 Å². The third kappa shape index (κ3) is 23.1. The molecular weight excluding hydrogens is 407 g/mol. The molecule has 0 aromatic rings. The standard InChI is InChI=1S/C26H55O4P/c1-4-7-10-13-14-16-18-22-26(21-17-15-11-8-5-2)23-20-25-30-31(27,28)29-24-19-12-9-6-3/h26H,4-25H2,1-3H3,(H,27,28). The first kappa shape index (κ1) is 31.1. The lowest BCUT2D eigenvalue weighted by Crippen LogP contribution is -2.05. The minimum absolute atomic E-state index is 0.312. The molecule has 1 N–H and O–H groups in total. The monoisotopic (exact) mass is 462 g/mol. The van der Waals surface area contributed by atoms with Crippen molar-refractivity contribution in [2.45, 2.75) is 149 Å². The Morgan fingerprint density at radius 3 is 1.39 bits per heavy atom. The molecule has 0 heterocycles. The number of hydrogen-bond donors (Lipinski definition) is 1. The average Bonchev–Trinajstić information content (AvgIpc) is 2.75. The molecule has 0 saturated heterocycles. The number of phosphoric acid groups is 1. The van der Waals surface area contributed by atoms with E-state index in [9.17, 15) is 9.46 Å². The van der Waals surface area contributed by atoms with Gasteiger partial charge in [-0.25, -0.2) is 4.57 Å². The van der Waals surface area contributed by atoms with Crippen molar-refractivity contribution in [2.75, 3.05) is 13.2 Å². The first-order valence-electron chi connectivity index (χ1n) is 13.7. The second kappa shape index (κ2) is 23.3. The lowest BCUT2D eigenvalue weighted by atomic mass is 9.90. The normalized spacial score (nSPS) is 14.6. The van der Waals surface area contributed by atoms with E-state index in [1.54, 1.807) is 0 Å². The topological polar surface area (TPSA) is 55.8 Å². The molecule has 4 nitrogen and oxygen atoms in total. The van der Waals surface area contributed by atoms with E-state index in [1.165, 1.54) is 89.9 Å². The van der Waals surface area contributed by atoms with E-state index in [0.717, 1.165) is 44.4 Å². The van der Waals surface area contributed by atoms with Crippen LogP contribution >= 0.6 is 7.82 Å². The van der Waals surface area contributed by atoms with Crippen LogP contribution in [0.1, 0.15) is 149 Å². The summed E-state index contributed by atoms with van der Waals surface area (Å²) in [6.45, 7) is 7.31. The minimum Gasteiger partial charge on any atom is -0.302 e. The maximum atomic E-state index is 12.0. The van der Waals surface area contributed by atoms with Crippen LogP contribution in [0, 0.1) is 5.92 Å². The van der Waals surface area contributed by atoms with E-state index in [-0.39, 0.29) is 0 Å². The van der Waals surface area contributed by atoms with E-state index >= 15 is 0 Å². The molecule has 0 aliphatic carbocycles. The average molecular weight is 463 g/mol. The van der Waals surface area contributed by atoms with Gasteiger partial charge in [-0.2, -0.15) is 0 Å². The van der Waals surface area contributed by atoms with Gasteiger partial charge in [-0.3, -0.25) is 9.05 Å². The minimum atomic E-state index is -3.87. The third-order valence-corrected chi connectivity index (χ3v) is 7.21. The molecule has 2 atom stereocenters. The van der Waals surface area contributed by atoms with Crippen molar-refractivity contribution in [3.63, 3.8) is 0 Å². The second-order valence-corrected chi connectivity index (χ2v) is 10.8. The molecule has 0 radical (unpaired) electrons. The Kier molecular flexibility index (Phi) is 23.4. The highest BCUT2D eigenvalue weighted by atomic mass is 31.2. The van der Waals surface area contributed by atoms with Crippen LogP contribution in [0.2, 0.25) is 0 Å². The zero-order valence-electron chi connectivity index (χ0n) is 21.3. The van der Waals surface area contributed by atoms with Crippen LogP contribution in [0.15, 0.2) is 0 Å². The van der Waals surface area contributed by atoms with Crippen LogP contribution in [-0.4, -0.2) is 18.1 Å². The van der Waals surface area contributed by atoms with Gasteiger partial charge in [0.2, 0.25) is 0 Å². The van der Waals surface area contributed by atoms with E-state index in [2.05, 4.69) is 20.8 Å². The first-order valence-corrected chi connectivity index (χ1v) is 15.2. The molecule has 0 bridgehead atoms. The Morgan fingerprint density at radius 2 is 0.903 bits per heavy atom. The summed E-state index contributed by atoms with van der Waals surface area (Å²) in [5.41, 5.74) is 0. The Balaban J connectivity index is 4.04. The van der Waals surface area contributed by atoms with Gasteiger partial charge < -0.3 is 4.89 Å². The molecule has 0 fully saturated rings. The highest BCUT2D eigenvalue weighted by molar-refractivity contribution is 7.47. The van der Waals surface area contributed by atoms with E-state index < -0.39 is 7.82 Å². The Bertz CT molecular complexity index is 403. The molecule has 0 spiro atoms. The summed E-state index contributed by atoms with van der Waals surface area (Å²) >= 11 is 0. The van der Waals surface area contributed by atoms with Gasteiger partial charge in [0.25, 0.3) is 0 Å². The van der Waals surface area contributed by atoms with Gasteiger partial charge in [-0.15, -0.1) is 0 Å². The summed E-state index contributed by atoms with van der Waals surface area (Å²) in [6, 6.07) is 0. The molecule has 188 valence electrons. The molecule has 0 rings (SSSR count). The van der Waals surface area contributed by atoms with Crippen molar-refractivity contribution in [3.05, 3.63) is 0 Å². The molecule has 0 aromatic heterocycles. The van der Waals surface area contributed by atoms with Crippen molar-refractivity contribution in [3.8, 4) is 0 Å². The summed E-state index contributed by atoms with van der Waals surface area (Å²) in [5.74, 6) is 0.730. The summed E-state index contributed by atoms with van der Waals surface area (Å²) in [6.07, 6.45) is 24.8. The predicted molar refractivity (Wildman–Crippen MR) is 135 cm³/mol. The lowest BCUT2D eigenvalue weighted by Gasteiger charge is -2.18. The molecule has 0 aromatic carbocycles. The molecule has 31 heavy (non-hydrogen) atoms. The van der Waals surface area contributed by atoms with Gasteiger partial charge >= 0.3 is 7.82 Å². The number of hydrogen-bond acceptors (Lipinski definition) is 3. The van der Waals surface area contributed by atoms with Crippen LogP contribution in [-0.2, 0) is 13.6 Å². The molecule has 0 aliphatic heterocycles. The third-order valence-electron chi connectivity index (χ3n) is 6.20. The van der Waals surface area contributed by atoms with Crippen LogP contribution in [0.25, 0.3) is 0 Å². The zero-order chi connectivity index (χ0) is 23.0. The van der Waals surface area contributed by atoms with Crippen molar-refractivity contribution >= 4 is 7.82 Å². The lowest BCUT2D eigenvalue weighted by molar-refractivity contribution is 0.143. The van der Waals surface area contributed by atoms with Crippen molar-refractivity contribution in [1.29, 1.82) is 0 Å². The Labute approximate surface area is 194 Å². The Morgan fingerprint density at radius 1 is 0.548 bits per heavy atom. The SMILES string of the molecule is CCCCCCCCCC(CCCCCCC)CCCOP(=O)(O)OCCCCCC. The smallest absolute Gasteiger partial charge is 0.302 e. The largest absolute Gasteiger partial charge is 0.472 e. The first-order chi connectivity index (χ1) is 15.1. The van der Waals surface area contributed by atoms with Crippen molar-refractivity contribution in [2.24, 2.45) is 5.92 Å². The fourth-order valence-corrected chi connectivity index (χ4v) is 4.95. The van der Waals surface area contributed by atoms with Gasteiger partial charge in [0, 0.05) is 0 Å². The van der Waals surface area contributed by atoms with Gasteiger partial charge in [0.15, 0.2) is 0 Å². The molecule has 5 heteroatoms. The fourth-order valence-electron chi connectivity index (χ4n) is 4.16. The Hall–Kier alpha value is 0.110. The van der Waals surface area contributed by atoms with E-state index in [0.29, 0.717) is 13.2 Å². The highest BCUT2D eigenvalue weighted by Crippen LogP contribution is 2.43. The molecule has 2 unspecified atom stereocenters. The van der Waals surface area contributed by atoms with Gasteiger partial charge in [0.05, 0.1) is 13.2 Å². The van der Waals surface area contributed by atoms with Crippen LogP contribution in [0.4, 0.5) is 0 Å². The summed E-state index contributed by atoms with van der Waals surface area (Å²) < 4.78 is 22.3. The van der Waals surface area contributed by atoms with E-state index in [1.807, 2.05) is 0 Å². The maximum absolute atomic E-state index is 12.0. The van der Waals surface area contributed by atoms with Gasteiger partial charge in [-0.1, -0.05) is 130 Å². The van der Waals surface area contributed by atoms with Crippen LogP contribution in [0.3, 0.4) is 0 Å². The maximum Gasteiger partial charge on any atom is 0.472 e. The van der Waals surface area contributed by atoms with Gasteiger partial charge in [-0.05, 0) is 25.2 Å². The van der Waals surface area contributed by atoms with E-state index in [4.69, 9.17) is 9.05 Å². The zero-order valence-corrected chi connectivity index (χ0v) is 22.1. The summed E-state index contributed by atoms with van der Waals surface area (Å²) in [4.78, 5) is 9.83. The molecule has 0 aliphatic rings. The molecular formula is C26H55O4P. The molecule has 0 amide bonds. The quantitative estimate of drug-likeness (QED) is 0.108. The summed E-state index contributed by atoms with van der Waals surface area (Å²) in [5, 5.41) is 0.